The Balaban J connectivity index is 0.000000806. The standard InChI is InChI=1S/C12H22O11.C6H12O6.C6H14O6.C6H12O6/c13-1-4-6(16)8(18)9(19)11(21-4)23-12(3-15)10(20)7(17)5(2-14)22-12;7-1-3-4(9)5(10)6(11,2-8)12-3;2*7-1-3(9)5(11)6(12)4(10)2-8/h4-11,13-20H,1-3H2;3-5,7-11H,1-2H2;3-12H,1-2H2;1,3-6,8-12H,2H2/t4-,5-,6-,7-,8+,9-,10+,11-,12+;3-,4-,5+,6-;3-,4+,5-,6-;3-,4+,5+,6+/m1110/s1. The van der Waals surface area contributed by atoms with E-state index in [9.17, 15) is 40.5 Å². The summed E-state index contributed by atoms with van der Waals surface area (Å²) >= 11 is 0. The molecule has 29 nitrogen and oxygen atoms in total. The van der Waals surface area contributed by atoms with E-state index in [4.69, 9.17) is 101 Å². The number of carbonyl (C=O) groups is 1. The number of hydrogen-bond acceptors (Lipinski definition) is 29. The van der Waals surface area contributed by atoms with Gasteiger partial charge in [-0.05, 0) is 0 Å². The van der Waals surface area contributed by atoms with Crippen LogP contribution in [0.4, 0.5) is 0 Å². The van der Waals surface area contributed by atoms with Crippen LogP contribution in [0.25, 0.3) is 0 Å². The summed E-state index contributed by atoms with van der Waals surface area (Å²) < 4.78 is 20.1. The van der Waals surface area contributed by atoms with Gasteiger partial charge in [0, 0.05) is 0 Å². The Morgan fingerprint density at radius 1 is 0.508 bits per heavy atom. The maximum atomic E-state index is 10.00. The molecular formula is C30H60O29. The highest BCUT2D eigenvalue weighted by molar-refractivity contribution is 5.56. The zero-order chi connectivity index (χ0) is 46.2. The smallest absolute Gasteiger partial charge is 0.224 e. The summed E-state index contributed by atoms with van der Waals surface area (Å²) in [4.78, 5) is 9.90. The van der Waals surface area contributed by atoms with Crippen molar-refractivity contribution in [2.45, 2.75) is 128 Å². The van der Waals surface area contributed by atoms with Crippen molar-refractivity contribution < 1.29 is 146 Å². The molecule has 0 bridgehead atoms. The van der Waals surface area contributed by atoms with Gasteiger partial charge in [-0.3, -0.25) is 0 Å². The van der Waals surface area contributed by atoms with Crippen molar-refractivity contribution >= 4 is 6.29 Å². The van der Waals surface area contributed by atoms with Crippen molar-refractivity contribution in [2.24, 2.45) is 0 Å². The Hall–Kier alpha value is -1.45. The van der Waals surface area contributed by atoms with Crippen molar-refractivity contribution in [1.29, 1.82) is 0 Å². The SMILES string of the molecule is O=C[C@H](O)[C@@H](O)[C@H](O)[C@H](O)CO.OC[C@@H](O)[C@@H](O)[C@H](O)[C@@H](O)CO.OC[C@H]1O[C@@](CO)(O[C@H]2O[C@H](CO)[C@@H](O)[C@H](O)[C@H]2O)[C@@H](O)[C@@H]1O.OC[C@H]1O[C@](O)(CO)[C@@H](O)[C@@H]1O. The van der Waals surface area contributed by atoms with Gasteiger partial charge in [-0.25, -0.2) is 0 Å². The van der Waals surface area contributed by atoms with E-state index in [1.165, 1.54) is 0 Å². The molecule has 3 fully saturated rings. The lowest BCUT2D eigenvalue weighted by molar-refractivity contribution is -0.383. The zero-order valence-corrected chi connectivity index (χ0v) is 31.0. The highest BCUT2D eigenvalue weighted by atomic mass is 16.8. The molecule has 0 aromatic heterocycles. The van der Waals surface area contributed by atoms with Gasteiger partial charge in [0.1, 0.15) is 116 Å². The van der Waals surface area contributed by atoms with Crippen LogP contribution in [-0.2, 0) is 23.7 Å². The summed E-state index contributed by atoms with van der Waals surface area (Å²) in [5.74, 6) is -4.38. The fraction of sp³-hybridized carbons (Fsp3) is 0.967. The summed E-state index contributed by atoms with van der Waals surface area (Å²) in [7, 11) is 0. The van der Waals surface area contributed by atoms with Gasteiger partial charge in [0.05, 0.1) is 46.2 Å². The van der Waals surface area contributed by atoms with Crippen molar-refractivity contribution in [3.63, 3.8) is 0 Å². The van der Waals surface area contributed by atoms with Gasteiger partial charge in [-0.1, -0.05) is 0 Å². The maximum absolute atomic E-state index is 10.00. The minimum atomic E-state index is -2.22. The molecule has 0 amide bonds. The van der Waals surface area contributed by atoms with Gasteiger partial charge in [0.2, 0.25) is 11.6 Å². The lowest BCUT2D eigenvalue weighted by Gasteiger charge is -2.43. The monoisotopic (exact) mass is 884 g/mol. The number of aliphatic hydroxyl groups is 24. The molecule has 0 spiro atoms. The molecule has 3 saturated heterocycles. The van der Waals surface area contributed by atoms with E-state index < -0.39 is 181 Å². The predicted octanol–water partition coefficient (Wildman–Crippen LogP) is -15.6. The molecule has 0 aliphatic carbocycles. The second kappa shape index (κ2) is 26.9. The summed E-state index contributed by atoms with van der Waals surface area (Å²) in [5.41, 5.74) is 0. The minimum absolute atomic E-state index is 0.0258. The molecule has 354 valence electrons. The van der Waals surface area contributed by atoms with Crippen LogP contribution < -0.4 is 0 Å². The molecule has 3 rings (SSSR count). The first-order valence-electron chi connectivity index (χ1n) is 17.4. The molecule has 21 atom stereocenters. The molecule has 59 heavy (non-hydrogen) atoms. The third kappa shape index (κ3) is 15.1. The van der Waals surface area contributed by atoms with E-state index in [2.05, 4.69) is 4.74 Å². The van der Waals surface area contributed by atoms with Crippen LogP contribution >= 0.6 is 0 Å². The van der Waals surface area contributed by atoms with E-state index in [0.29, 0.717) is 0 Å². The van der Waals surface area contributed by atoms with Crippen LogP contribution in [-0.4, -0.2) is 309 Å². The summed E-state index contributed by atoms with van der Waals surface area (Å²) in [6.07, 6.45) is -29.9. The largest absolute Gasteiger partial charge is 0.394 e. The van der Waals surface area contributed by atoms with Gasteiger partial charge in [-0.2, -0.15) is 0 Å². The first-order valence-corrected chi connectivity index (χ1v) is 17.4. The van der Waals surface area contributed by atoms with E-state index in [1.54, 1.807) is 0 Å². The van der Waals surface area contributed by atoms with Crippen LogP contribution in [0, 0.1) is 0 Å². The second-order valence-electron chi connectivity index (χ2n) is 13.2. The van der Waals surface area contributed by atoms with Crippen LogP contribution in [0.15, 0.2) is 0 Å². The lowest BCUT2D eigenvalue weighted by atomic mass is 9.99. The Labute approximate surface area is 333 Å². The van der Waals surface area contributed by atoms with Crippen LogP contribution in [0.5, 0.6) is 0 Å². The van der Waals surface area contributed by atoms with E-state index in [1.807, 2.05) is 0 Å². The quantitative estimate of drug-likeness (QED) is 0.0603. The molecule has 0 saturated carbocycles. The Morgan fingerprint density at radius 2 is 0.915 bits per heavy atom. The lowest BCUT2D eigenvalue weighted by Crippen LogP contribution is -2.62. The maximum Gasteiger partial charge on any atom is 0.224 e. The third-order valence-electron chi connectivity index (χ3n) is 8.93. The molecule has 0 unspecified atom stereocenters. The average molecular weight is 885 g/mol. The van der Waals surface area contributed by atoms with E-state index in [-0.39, 0.29) is 6.29 Å². The molecule has 24 N–H and O–H groups in total. The second-order valence-corrected chi connectivity index (χ2v) is 13.2. The molecule has 3 aliphatic heterocycles. The number of aldehydes is 1. The van der Waals surface area contributed by atoms with Gasteiger partial charge in [0.25, 0.3) is 0 Å². The van der Waals surface area contributed by atoms with Crippen molar-refractivity contribution in [1.82, 2.24) is 0 Å². The Kier molecular flexibility index (Phi) is 26.2. The Bertz CT molecular complexity index is 1110. The molecular weight excluding hydrogens is 824 g/mol. The molecule has 0 aromatic rings. The topological polar surface area (TPSA) is 540 Å². The zero-order valence-electron chi connectivity index (χ0n) is 31.0. The fourth-order valence-corrected chi connectivity index (χ4v) is 5.07. The number of rotatable bonds is 17. The number of carbonyl (C=O) groups excluding carboxylic acids is 1. The van der Waals surface area contributed by atoms with Gasteiger partial charge < -0.3 is 146 Å². The first-order chi connectivity index (χ1) is 27.4. The fourth-order valence-electron chi connectivity index (χ4n) is 5.07. The Morgan fingerprint density at radius 3 is 1.24 bits per heavy atom. The highest BCUT2D eigenvalue weighted by Gasteiger charge is 2.58. The number of hydrogen-bond donors (Lipinski definition) is 24. The van der Waals surface area contributed by atoms with Gasteiger partial charge in [0.15, 0.2) is 12.6 Å². The molecule has 29 heteroatoms. The number of ether oxygens (including phenoxy) is 4. The molecule has 3 aliphatic rings. The van der Waals surface area contributed by atoms with Crippen LogP contribution in [0.3, 0.4) is 0 Å². The average Bonchev–Trinajstić information content (AvgIpc) is 3.64. The molecule has 3 heterocycles. The van der Waals surface area contributed by atoms with Crippen molar-refractivity contribution in [3.8, 4) is 0 Å². The summed E-state index contributed by atoms with van der Waals surface area (Å²) in [6, 6.07) is 0. The van der Waals surface area contributed by atoms with Gasteiger partial charge in [-0.15, -0.1) is 0 Å². The van der Waals surface area contributed by atoms with Crippen LogP contribution in [0.1, 0.15) is 0 Å². The van der Waals surface area contributed by atoms with Gasteiger partial charge >= 0.3 is 0 Å². The van der Waals surface area contributed by atoms with Crippen LogP contribution in [0.2, 0.25) is 0 Å². The van der Waals surface area contributed by atoms with E-state index in [0.717, 1.165) is 0 Å². The van der Waals surface area contributed by atoms with Crippen molar-refractivity contribution in [2.75, 3.05) is 52.9 Å². The third-order valence-corrected chi connectivity index (χ3v) is 8.93. The summed E-state index contributed by atoms with van der Waals surface area (Å²) in [6.45, 7) is -5.89. The van der Waals surface area contributed by atoms with E-state index >= 15 is 0 Å². The molecule has 0 aromatic carbocycles. The molecule has 0 radical (unpaired) electrons. The minimum Gasteiger partial charge on any atom is -0.394 e. The highest BCUT2D eigenvalue weighted by Crippen LogP contribution is 2.36. The summed E-state index contributed by atoms with van der Waals surface area (Å²) in [5, 5.41) is 217. The number of aliphatic hydroxyl groups excluding tert-OH is 23. The first kappa shape index (κ1) is 57.5. The normalized spacial score (nSPS) is 38.4. The predicted molar refractivity (Wildman–Crippen MR) is 180 cm³/mol. The van der Waals surface area contributed by atoms with Crippen molar-refractivity contribution in [3.05, 3.63) is 0 Å².